The van der Waals surface area contributed by atoms with Gasteiger partial charge < -0.3 is 10.2 Å². The first kappa shape index (κ1) is 17.9. The molecule has 2 rings (SSSR count). The van der Waals surface area contributed by atoms with Crippen molar-refractivity contribution in [3.05, 3.63) is 11.9 Å². The van der Waals surface area contributed by atoms with Crippen LogP contribution in [0.2, 0.25) is 0 Å². The normalized spacial score (nSPS) is 15.9. The van der Waals surface area contributed by atoms with Crippen LogP contribution in [0.3, 0.4) is 0 Å². The maximum atomic E-state index is 11.6. The summed E-state index contributed by atoms with van der Waals surface area (Å²) >= 11 is 0. The largest absolute Gasteiger partial charge is 0.369 e. The molecule has 1 fully saturated rings. The van der Waals surface area contributed by atoms with Crippen LogP contribution in [0.15, 0.2) is 6.07 Å². The molecule has 23 heavy (non-hydrogen) atoms. The maximum absolute atomic E-state index is 11.6. The van der Waals surface area contributed by atoms with Crippen molar-refractivity contribution in [1.29, 1.82) is 0 Å². The average molecular weight is 342 g/mol. The van der Waals surface area contributed by atoms with Crippen molar-refractivity contribution in [2.24, 2.45) is 0 Å². The van der Waals surface area contributed by atoms with E-state index >= 15 is 0 Å². The average Bonchev–Trinajstić information content (AvgIpc) is 2.52. The van der Waals surface area contributed by atoms with Gasteiger partial charge in [0.1, 0.15) is 17.5 Å². The standard InChI is InChI=1S/C14H26N6O2S/c1-12-17-13(15-7-8-16-23(21,22)19(2)3)11-14(18-12)20-9-5-4-6-10-20/h11,16H,4-10H2,1-3H3,(H,15,17,18). The van der Waals surface area contributed by atoms with Crippen molar-refractivity contribution in [2.45, 2.75) is 26.2 Å². The highest BCUT2D eigenvalue weighted by Gasteiger charge is 2.14. The molecule has 130 valence electrons. The summed E-state index contributed by atoms with van der Waals surface area (Å²) in [6.07, 6.45) is 3.66. The maximum Gasteiger partial charge on any atom is 0.278 e. The predicted molar refractivity (Wildman–Crippen MR) is 91.9 cm³/mol. The van der Waals surface area contributed by atoms with Gasteiger partial charge in [-0.1, -0.05) is 0 Å². The van der Waals surface area contributed by atoms with Gasteiger partial charge in [-0.25, -0.2) is 14.7 Å². The lowest BCUT2D eigenvalue weighted by atomic mass is 10.1. The second-order valence-corrected chi connectivity index (χ2v) is 7.78. The van der Waals surface area contributed by atoms with E-state index < -0.39 is 10.2 Å². The van der Waals surface area contributed by atoms with Crippen molar-refractivity contribution in [1.82, 2.24) is 19.0 Å². The Morgan fingerprint density at radius 1 is 1.17 bits per heavy atom. The molecule has 9 heteroatoms. The van der Waals surface area contributed by atoms with E-state index in [1.165, 1.54) is 33.4 Å². The van der Waals surface area contributed by atoms with Crippen LogP contribution < -0.4 is 14.9 Å². The second kappa shape index (κ2) is 7.89. The highest BCUT2D eigenvalue weighted by molar-refractivity contribution is 7.87. The molecule has 1 aromatic heterocycles. The number of anilines is 2. The van der Waals surface area contributed by atoms with Gasteiger partial charge in [0.2, 0.25) is 0 Å². The molecule has 1 aliphatic heterocycles. The van der Waals surface area contributed by atoms with Gasteiger partial charge in [0.05, 0.1) is 0 Å². The molecule has 1 aliphatic rings. The smallest absolute Gasteiger partial charge is 0.278 e. The zero-order valence-corrected chi connectivity index (χ0v) is 14.9. The number of rotatable bonds is 7. The Hall–Kier alpha value is -1.45. The van der Waals surface area contributed by atoms with Crippen LogP contribution in [0.25, 0.3) is 0 Å². The summed E-state index contributed by atoms with van der Waals surface area (Å²) in [5, 5.41) is 3.15. The summed E-state index contributed by atoms with van der Waals surface area (Å²) in [6, 6.07) is 1.93. The SMILES string of the molecule is Cc1nc(NCCNS(=O)(=O)N(C)C)cc(N2CCCCC2)n1. The molecular formula is C14H26N6O2S. The van der Waals surface area contributed by atoms with Crippen LogP contribution in [0, 0.1) is 6.92 Å². The Bertz CT molecular complexity index is 614. The van der Waals surface area contributed by atoms with Crippen LogP contribution in [0.4, 0.5) is 11.6 Å². The summed E-state index contributed by atoms with van der Waals surface area (Å²) < 4.78 is 26.9. The lowest BCUT2D eigenvalue weighted by Gasteiger charge is -2.28. The van der Waals surface area contributed by atoms with Crippen molar-refractivity contribution in [3.8, 4) is 0 Å². The molecule has 0 aliphatic carbocycles. The molecular weight excluding hydrogens is 316 g/mol. The number of aromatic nitrogens is 2. The molecule has 0 unspecified atom stereocenters. The third-order valence-electron chi connectivity index (χ3n) is 3.70. The summed E-state index contributed by atoms with van der Waals surface area (Å²) in [5.41, 5.74) is 0. The van der Waals surface area contributed by atoms with Gasteiger partial charge in [-0.2, -0.15) is 12.7 Å². The van der Waals surface area contributed by atoms with E-state index in [1.807, 2.05) is 13.0 Å². The first-order valence-corrected chi connectivity index (χ1v) is 9.34. The number of nitrogens with zero attached hydrogens (tertiary/aromatic N) is 4. The Labute approximate surface area is 138 Å². The summed E-state index contributed by atoms with van der Waals surface area (Å²) in [5.74, 6) is 2.38. The van der Waals surface area contributed by atoms with Crippen LogP contribution in [0.1, 0.15) is 25.1 Å². The predicted octanol–water partition coefficient (Wildman–Crippen LogP) is 0.583. The van der Waals surface area contributed by atoms with E-state index in [4.69, 9.17) is 0 Å². The summed E-state index contributed by atoms with van der Waals surface area (Å²) in [7, 11) is -0.395. The fourth-order valence-electron chi connectivity index (χ4n) is 2.43. The highest BCUT2D eigenvalue weighted by Crippen LogP contribution is 2.20. The molecule has 2 N–H and O–H groups in total. The Balaban J connectivity index is 1.91. The van der Waals surface area contributed by atoms with Crippen LogP contribution >= 0.6 is 0 Å². The number of hydrogen-bond donors (Lipinski definition) is 2. The fraction of sp³-hybridized carbons (Fsp3) is 0.714. The molecule has 1 aromatic rings. The summed E-state index contributed by atoms with van der Waals surface area (Å²) in [6.45, 7) is 4.68. The zero-order chi connectivity index (χ0) is 16.9. The van der Waals surface area contributed by atoms with Gasteiger partial charge >= 0.3 is 0 Å². The van der Waals surface area contributed by atoms with Crippen molar-refractivity contribution in [3.63, 3.8) is 0 Å². The van der Waals surface area contributed by atoms with Crippen molar-refractivity contribution in [2.75, 3.05) is 50.5 Å². The Morgan fingerprint density at radius 3 is 2.52 bits per heavy atom. The molecule has 0 aromatic carbocycles. The second-order valence-electron chi connectivity index (χ2n) is 5.81. The molecule has 0 atom stereocenters. The Morgan fingerprint density at radius 2 is 1.87 bits per heavy atom. The Kier molecular flexibility index (Phi) is 6.14. The molecule has 1 saturated heterocycles. The molecule has 0 radical (unpaired) electrons. The third-order valence-corrected chi connectivity index (χ3v) is 5.23. The molecule has 2 heterocycles. The first-order valence-electron chi connectivity index (χ1n) is 7.90. The van der Waals surface area contributed by atoms with Crippen molar-refractivity contribution >= 4 is 21.8 Å². The molecule has 0 amide bonds. The van der Waals surface area contributed by atoms with Gasteiger partial charge in [0.25, 0.3) is 10.2 Å². The zero-order valence-electron chi connectivity index (χ0n) is 14.0. The number of hydrogen-bond acceptors (Lipinski definition) is 6. The van der Waals surface area contributed by atoms with E-state index in [2.05, 4.69) is 24.9 Å². The number of piperidine rings is 1. The van der Waals surface area contributed by atoms with E-state index in [9.17, 15) is 8.42 Å². The monoisotopic (exact) mass is 342 g/mol. The van der Waals surface area contributed by atoms with Crippen LogP contribution in [-0.2, 0) is 10.2 Å². The van der Waals surface area contributed by atoms with E-state index in [-0.39, 0.29) is 0 Å². The minimum Gasteiger partial charge on any atom is -0.369 e. The van der Waals surface area contributed by atoms with Gasteiger partial charge in [-0.3, -0.25) is 0 Å². The lowest BCUT2D eigenvalue weighted by molar-refractivity contribution is 0.507. The molecule has 0 saturated carbocycles. The van der Waals surface area contributed by atoms with Crippen LogP contribution in [-0.4, -0.2) is 63.0 Å². The molecule has 0 spiro atoms. The van der Waals surface area contributed by atoms with Gasteiger partial charge in [-0.15, -0.1) is 0 Å². The van der Waals surface area contributed by atoms with E-state index in [1.54, 1.807) is 0 Å². The molecule has 8 nitrogen and oxygen atoms in total. The highest BCUT2D eigenvalue weighted by atomic mass is 32.2. The first-order chi connectivity index (χ1) is 10.9. The number of nitrogens with one attached hydrogen (secondary N) is 2. The van der Waals surface area contributed by atoms with E-state index in [0.717, 1.165) is 29.0 Å². The topological polar surface area (TPSA) is 90.5 Å². The third kappa shape index (κ3) is 5.29. The van der Waals surface area contributed by atoms with Crippen LogP contribution in [0.5, 0.6) is 0 Å². The van der Waals surface area contributed by atoms with Gasteiger partial charge in [0, 0.05) is 46.3 Å². The minimum atomic E-state index is -3.38. The quantitative estimate of drug-likeness (QED) is 0.705. The van der Waals surface area contributed by atoms with Gasteiger partial charge in [-0.05, 0) is 26.2 Å². The summed E-state index contributed by atoms with van der Waals surface area (Å²) in [4.78, 5) is 11.1. The van der Waals surface area contributed by atoms with Gasteiger partial charge in [0.15, 0.2) is 0 Å². The van der Waals surface area contributed by atoms with Crippen molar-refractivity contribution < 1.29 is 8.42 Å². The number of aryl methyl sites for hydroxylation is 1. The van der Waals surface area contributed by atoms with E-state index in [0.29, 0.717) is 18.9 Å². The molecule has 0 bridgehead atoms. The fourth-order valence-corrected chi connectivity index (χ4v) is 3.05. The minimum absolute atomic E-state index is 0.294. The lowest BCUT2D eigenvalue weighted by Crippen LogP contribution is -2.38.